The van der Waals surface area contributed by atoms with E-state index in [4.69, 9.17) is 5.11 Å². The third-order valence-corrected chi connectivity index (χ3v) is 6.41. The molecule has 0 amide bonds. The number of sulfonamides is 1. The highest BCUT2D eigenvalue weighted by Gasteiger charge is 2.42. The minimum atomic E-state index is -3.90. The van der Waals surface area contributed by atoms with Crippen LogP contribution < -0.4 is 0 Å². The van der Waals surface area contributed by atoms with Crippen molar-refractivity contribution in [1.29, 1.82) is 0 Å². The van der Waals surface area contributed by atoms with Crippen molar-refractivity contribution < 1.29 is 27.9 Å². The van der Waals surface area contributed by atoms with E-state index >= 15 is 0 Å². The fourth-order valence-electron chi connectivity index (χ4n) is 2.32. The van der Waals surface area contributed by atoms with Crippen LogP contribution in [0.2, 0.25) is 0 Å². The molecule has 1 aromatic rings. The quantitative estimate of drug-likeness (QED) is 0.821. The lowest BCUT2D eigenvalue weighted by Crippen LogP contribution is -2.30. The first-order chi connectivity index (χ1) is 9.78. The van der Waals surface area contributed by atoms with Gasteiger partial charge in [0.05, 0.1) is 13.0 Å². The maximum absolute atomic E-state index is 12.6. The molecule has 1 aliphatic heterocycles. The molecule has 0 spiro atoms. The summed E-state index contributed by atoms with van der Waals surface area (Å²) in [5.74, 6) is -2.75. The number of nitrogens with zero attached hydrogens (tertiary/aromatic N) is 1. The molecule has 9 heteroatoms. The molecule has 0 saturated carbocycles. The van der Waals surface area contributed by atoms with E-state index in [1.165, 1.54) is 18.6 Å². The maximum Gasteiger partial charge on any atom is 0.349 e. The standard InChI is InChI=1S/C12H15NO6S2/c1-7-5-13(6-8(7)11(14)15)21(17,18)9-3-4-20-10(9)12(16)19-2/h3-4,7-8H,5-6H2,1-2H3,(H,14,15). The average molecular weight is 333 g/mol. The van der Waals surface area contributed by atoms with Crippen molar-refractivity contribution in [2.24, 2.45) is 11.8 Å². The summed E-state index contributed by atoms with van der Waals surface area (Å²) < 4.78 is 30.8. The zero-order chi connectivity index (χ0) is 15.8. The van der Waals surface area contributed by atoms with Crippen LogP contribution in [0.1, 0.15) is 16.6 Å². The molecule has 1 fully saturated rings. The number of rotatable bonds is 4. The van der Waals surface area contributed by atoms with Crippen LogP contribution in [0.5, 0.6) is 0 Å². The van der Waals surface area contributed by atoms with Gasteiger partial charge in [0.2, 0.25) is 10.0 Å². The van der Waals surface area contributed by atoms with Crippen LogP contribution in [-0.2, 0) is 19.6 Å². The number of hydrogen-bond donors (Lipinski definition) is 1. The predicted octanol–water partition coefficient (Wildman–Crippen LogP) is 0.876. The molecule has 0 aliphatic carbocycles. The van der Waals surface area contributed by atoms with Crippen molar-refractivity contribution in [1.82, 2.24) is 4.31 Å². The monoisotopic (exact) mass is 333 g/mol. The van der Waals surface area contributed by atoms with E-state index < -0.39 is 27.9 Å². The molecule has 2 rings (SSSR count). The summed E-state index contributed by atoms with van der Waals surface area (Å²) in [4.78, 5) is 22.6. The van der Waals surface area contributed by atoms with Gasteiger partial charge >= 0.3 is 11.9 Å². The molecule has 1 aliphatic rings. The Balaban J connectivity index is 2.34. The zero-order valence-electron chi connectivity index (χ0n) is 11.5. The Hall–Kier alpha value is -1.45. The first-order valence-corrected chi connectivity index (χ1v) is 8.49. The highest BCUT2D eigenvalue weighted by Crippen LogP contribution is 2.32. The second-order valence-electron chi connectivity index (χ2n) is 4.85. The van der Waals surface area contributed by atoms with Gasteiger partial charge in [0.1, 0.15) is 9.77 Å². The Labute approximate surface area is 126 Å². The lowest BCUT2D eigenvalue weighted by atomic mass is 9.99. The molecule has 2 unspecified atom stereocenters. The van der Waals surface area contributed by atoms with Crippen LogP contribution in [0.3, 0.4) is 0 Å². The van der Waals surface area contributed by atoms with E-state index in [0.717, 1.165) is 15.6 Å². The number of carboxylic acids is 1. The van der Waals surface area contributed by atoms with Crippen LogP contribution in [0.4, 0.5) is 0 Å². The summed E-state index contributed by atoms with van der Waals surface area (Å²) in [6, 6.07) is 1.34. The summed E-state index contributed by atoms with van der Waals surface area (Å²) in [6.07, 6.45) is 0. The maximum atomic E-state index is 12.6. The predicted molar refractivity (Wildman–Crippen MR) is 74.7 cm³/mol. The van der Waals surface area contributed by atoms with Crippen molar-refractivity contribution >= 4 is 33.3 Å². The number of ether oxygens (including phenoxy) is 1. The summed E-state index contributed by atoms with van der Waals surface area (Å²) in [5.41, 5.74) is 0. The highest BCUT2D eigenvalue weighted by atomic mass is 32.2. The molecule has 1 saturated heterocycles. The third kappa shape index (κ3) is 2.81. The van der Waals surface area contributed by atoms with Crippen molar-refractivity contribution in [3.05, 3.63) is 16.3 Å². The molecule has 2 atom stereocenters. The molecule has 2 heterocycles. The Morgan fingerprint density at radius 2 is 2.10 bits per heavy atom. The summed E-state index contributed by atoms with van der Waals surface area (Å²) in [5, 5.41) is 10.6. The van der Waals surface area contributed by atoms with E-state index in [1.807, 2.05) is 0 Å². The van der Waals surface area contributed by atoms with Gasteiger partial charge in [-0.1, -0.05) is 6.92 Å². The lowest BCUT2D eigenvalue weighted by molar-refractivity contribution is -0.142. The first kappa shape index (κ1) is 15.9. The number of carbonyl (C=O) groups excluding carboxylic acids is 1. The highest BCUT2D eigenvalue weighted by molar-refractivity contribution is 7.89. The van der Waals surface area contributed by atoms with Crippen molar-refractivity contribution in [2.75, 3.05) is 20.2 Å². The molecule has 1 aromatic heterocycles. The van der Waals surface area contributed by atoms with Crippen molar-refractivity contribution in [3.8, 4) is 0 Å². The SMILES string of the molecule is COC(=O)c1sccc1S(=O)(=O)N1CC(C)C(C(=O)O)C1. The van der Waals surface area contributed by atoms with Gasteiger partial charge in [0.15, 0.2) is 0 Å². The summed E-state index contributed by atoms with van der Waals surface area (Å²) in [6.45, 7) is 1.73. The van der Waals surface area contributed by atoms with Crippen LogP contribution in [0.15, 0.2) is 16.3 Å². The van der Waals surface area contributed by atoms with Gasteiger partial charge in [-0.25, -0.2) is 13.2 Å². The largest absolute Gasteiger partial charge is 0.481 e. The fourth-order valence-corrected chi connectivity index (χ4v) is 5.20. The normalized spacial score (nSPS) is 23.1. The molecule has 1 N–H and O–H groups in total. The topological polar surface area (TPSA) is 101 Å². The van der Waals surface area contributed by atoms with Gasteiger partial charge < -0.3 is 9.84 Å². The van der Waals surface area contributed by atoms with E-state index in [2.05, 4.69) is 4.74 Å². The Morgan fingerprint density at radius 3 is 2.62 bits per heavy atom. The summed E-state index contributed by atoms with van der Waals surface area (Å²) in [7, 11) is -2.72. The van der Waals surface area contributed by atoms with Crippen molar-refractivity contribution in [2.45, 2.75) is 11.8 Å². The lowest BCUT2D eigenvalue weighted by Gasteiger charge is -2.15. The van der Waals surface area contributed by atoms with Gasteiger partial charge in [0.25, 0.3) is 0 Å². The van der Waals surface area contributed by atoms with Crippen LogP contribution in [0, 0.1) is 11.8 Å². The fraction of sp³-hybridized carbons (Fsp3) is 0.500. The van der Waals surface area contributed by atoms with E-state index in [9.17, 15) is 18.0 Å². The molecular formula is C12H15NO6S2. The molecule has 0 aromatic carbocycles. The average Bonchev–Trinajstić information content (AvgIpc) is 3.04. The number of thiophene rings is 1. The second-order valence-corrected chi connectivity index (χ2v) is 7.67. The molecule has 7 nitrogen and oxygen atoms in total. The number of aliphatic carboxylic acids is 1. The molecule has 0 bridgehead atoms. The number of carbonyl (C=O) groups is 2. The Morgan fingerprint density at radius 1 is 1.43 bits per heavy atom. The number of esters is 1. The number of methoxy groups -OCH3 is 1. The minimum Gasteiger partial charge on any atom is -0.481 e. The Bertz CT molecular complexity index is 665. The van der Waals surface area contributed by atoms with Crippen LogP contribution in [0.25, 0.3) is 0 Å². The van der Waals surface area contributed by atoms with Gasteiger partial charge in [0, 0.05) is 13.1 Å². The van der Waals surface area contributed by atoms with E-state index in [1.54, 1.807) is 6.92 Å². The molecule has 21 heavy (non-hydrogen) atoms. The van der Waals surface area contributed by atoms with E-state index in [0.29, 0.717) is 0 Å². The van der Waals surface area contributed by atoms with E-state index in [-0.39, 0.29) is 28.8 Å². The third-order valence-electron chi connectivity index (χ3n) is 3.51. The van der Waals surface area contributed by atoms with Crippen molar-refractivity contribution in [3.63, 3.8) is 0 Å². The first-order valence-electron chi connectivity index (χ1n) is 6.17. The molecule has 116 valence electrons. The summed E-state index contributed by atoms with van der Waals surface area (Å²) >= 11 is 0.979. The van der Waals surface area contributed by atoms with Gasteiger partial charge in [-0.3, -0.25) is 4.79 Å². The number of hydrogen-bond acceptors (Lipinski definition) is 6. The smallest absolute Gasteiger partial charge is 0.349 e. The minimum absolute atomic E-state index is 0.00364. The van der Waals surface area contributed by atoms with Crippen LogP contribution in [-0.4, -0.2) is 50.0 Å². The molecular weight excluding hydrogens is 318 g/mol. The zero-order valence-corrected chi connectivity index (χ0v) is 13.1. The van der Waals surface area contributed by atoms with Gasteiger partial charge in [-0.05, 0) is 17.4 Å². The van der Waals surface area contributed by atoms with Gasteiger partial charge in [-0.15, -0.1) is 11.3 Å². The molecule has 0 radical (unpaired) electrons. The second kappa shape index (κ2) is 5.74. The number of carboxylic acid groups (broad SMARTS) is 1. The van der Waals surface area contributed by atoms with Gasteiger partial charge in [-0.2, -0.15) is 4.31 Å². The van der Waals surface area contributed by atoms with Crippen LogP contribution >= 0.6 is 11.3 Å². The Kier molecular flexibility index (Phi) is 4.35.